The van der Waals surface area contributed by atoms with E-state index in [1.807, 2.05) is 6.07 Å². The van der Waals surface area contributed by atoms with Gasteiger partial charge in [0, 0.05) is 21.7 Å². The van der Waals surface area contributed by atoms with Crippen molar-refractivity contribution in [1.29, 1.82) is 5.26 Å². The topological polar surface area (TPSA) is 79.2 Å². The Bertz CT molecular complexity index is 978. The highest BCUT2D eigenvalue weighted by Crippen LogP contribution is 2.29. The van der Waals surface area contributed by atoms with Gasteiger partial charge in [0.15, 0.2) is 0 Å². The molecule has 3 aromatic rings. The van der Waals surface area contributed by atoms with E-state index in [4.69, 9.17) is 32.0 Å². The summed E-state index contributed by atoms with van der Waals surface area (Å²) < 4.78 is 10.8. The van der Waals surface area contributed by atoms with E-state index in [0.29, 0.717) is 32.9 Å². The minimum absolute atomic E-state index is 0.0819. The average molecular weight is 387 g/mol. The molecule has 1 N–H and O–H groups in total. The van der Waals surface area contributed by atoms with E-state index in [0.717, 1.165) is 0 Å². The van der Waals surface area contributed by atoms with Crippen LogP contribution in [0.25, 0.3) is 17.4 Å². The van der Waals surface area contributed by atoms with Gasteiger partial charge in [0.05, 0.1) is 12.8 Å². The van der Waals surface area contributed by atoms with E-state index in [1.165, 1.54) is 12.3 Å². The molecule has 0 aliphatic carbocycles. The molecule has 0 aliphatic heterocycles. The van der Waals surface area contributed by atoms with Crippen LogP contribution in [-0.4, -0.2) is 5.91 Å². The predicted molar refractivity (Wildman–Crippen MR) is 98.3 cm³/mol. The molecule has 2 heterocycles. The molecule has 130 valence electrons. The predicted octanol–water partition coefficient (Wildman–Crippen LogP) is 5.07. The fourth-order valence-electron chi connectivity index (χ4n) is 2.25. The maximum Gasteiger partial charge on any atom is 0.262 e. The lowest BCUT2D eigenvalue weighted by atomic mass is 10.2. The monoisotopic (exact) mass is 386 g/mol. The first-order valence-corrected chi connectivity index (χ1v) is 8.29. The van der Waals surface area contributed by atoms with Crippen LogP contribution in [0.3, 0.4) is 0 Å². The third-order valence-electron chi connectivity index (χ3n) is 3.43. The fourth-order valence-corrected chi connectivity index (χ4v) is 2.77. The van der Waals surface area contributed by atoms with Crippen molar-refractivity contribution in [3.63, 3.8) is 0 Å². The lowest BCUT2D eigenvalue weighted by Crippen LogP contribution is -2.23. The Balaban J connectivity index is 1.76. The highest BCUT2D eigenvalue weighted by atomic mass is 35.5. The zero-order chi connectivity index (χ0) is 18.5. The van der Waals surface area contributed by atoms with E-state index >= 15 is 0 Å². The summed E-state index contributed by atoms with van der Waals surface area (Å²) in [7, 11) is 0. The summed E-state index contributed by atoms with van der Waals surface area (Å²) in [6.07, 6.45) is 2.88. The summed E-state index contributed by atoms with van der Waals surface area (Å²) in [6.45, 7) is 0.190. The Hall–Kier alpha value is -2.94. The average Bonchev–Trinajstić information content (AvgIpc) is 3.28. The molecular formula is C19H12Cl2N2O3. The van der Waals surface area contributed by atoms with Crippen LogP contribution in [0.5, 0.6) is 0 Å². The van der Waals surface area contributed by atoms with Crippen LogP contribution >= 0.6 is 23.2 Å². The zero-order valence-electron chi connectivity index (χ0n) is 13.3. The number of nitriles is 1. The SMILES string of the molecule is N#CC(=Cc1ccc(-c2cc(Cl)cc(Cl)c2)o1)C(=O)NCc1ccco1. The molecule has 0 fully saturated rings. The molecule has 0 spiro atoms. The lowest BCUT2D eigenvalue weighted by Gasteiger charge is -2.01. The lowest BCUT2D eigenvalue weighted by molar-refractivity contribution is -0.117. The van der Waals surface area contributed by atoms with Crippen molar-refractivity contribution >= 4 is 35.2 Å². The number of halogens is 2. The van der Waals surface area contributed by atoms with Crippen molar-refractivity contribution in [1.82, 2.24) is 5.32 Å². The number of benzene rings is 1. The van der Waals surface area contributed by atoms with Crippen molar-refractivity contribution in [2.45, 2.75) is 6.54 Å². The Labute approximate surface area is 159 Å². The van der Waals surface area contributed by atoms with E-state index in [2.05, 4.69) is 5.32 Å². The molecule has 5 nitrogen and oxygen atoms in total. The van der Waals surface area contributed by atoms with Gasteiger partial charge in [-0.3, -0.25) is 4.79 Å². The van der Waals surface area contributed by atoms with Gasteiger partial charge in [0.25, 0.3) is 5.91 Å². The third-order valence-corrected chi connectivity index (χ3v) is 3.87. The number of furan rings is 2. The number of carbonyl (C=O) groups excluding carboxylic acids is 1. The van der Waals surface area contributed by atoms with Crippen molar-refractivity contribution < 1.29 is 13.6 Å². The molecule has 0 saturated heterocycles. The largest absolute Gasteiger partial charge is 0.467 e. The van der Waals surface area contributed by atoms with Crippen LogP contribution in [0.4, 0.5) is 0 Å². The number of hydrogen-bond donors (Lipinski definition) is 1. The first-order valence-electron chi connectivity index (χ1n) is 7.54. The fraction of sp³-hybridized carbons (Fsp3) is 0.0526. The number of amides is 1. The number of carbonyl (C=O) groups is 1. The molecule has 3 rings (SSSR count). The number of nitrogens with one attached hydrogen (secondary N) is 1. The molecule has 1 aromatic carbocycles. The Morgan fingerprint density at radius 1 is 1.19 bits per heavy atom. The van der Waals surface area contributed by atoms with Gasteiger partial charge in [-0.1, -0.05) is 23.2 Å². The Kier molecular flexibility index (Phi) is 5.47. The second-order valence-electron chi connectivity index (χ2n) is 5.29. The molecular weight excluding hydrogens is 375 g/mol. The van der Waals surface area contributed by atoms with E-state index in [1.54, 1.807) is 42.5 Å². The van der Waals surface area contributed by atoms with Crippen LogP contribution in [0.15, 0.2) is 63.1 Å². The maximum atomic E-state index is 12.1. The van der Waals surface area contributed by atoms with Crippen LogP contribution in [0.1, 0.15) is 11.5 Å². The second-order valence-corrected chi connectivity index (χ2v) is 6.16. The third kappa shape index (κ3) is 4.37. The van der Waals surface area contributed by atoms with Crippen LogP contribution in [0.2, 0.25) is 10.0 Å². The molecule has 0 radical (unpaired) electrons. The first kappa shape index (κ1) is 17.9. The standard InChI is InChI=1S/C19H12Cl2N2O3/c20-14-6-12(7-15(21)9-14)18-4-3-16(26-18)8-13(10-22)19(24)23-11-17-2-1-5-25-17/h1-9H,11H2,(H,23,24). The van der Waals surface area contributed by atoms with Crippen molar-refractivity contribution in [2.24, 2.45) is 0 Å². The van der Waals surface area contributed by atoms with Gasteiger partial charge in [-0.2, -0.15) is 5.26 Å². The molecule has 0 bridgehead atoms. The minimum atomic E-state index is -0.521. The summed E-state index contributed by atoms with van der Waals surface area (Å²) in [5.41, 5.74) is 0.615. The van der Waals surface area contributed by atoms with Crippen molar-refractivity contribution in [3.05, 3.63) is 75.9 Å². The quantitative estimate of drug-likeness (QED) is 0.490. The van der Waals surface area contributed by atoms with Gasteiger partial charge in [0.1, 0.15) is 28.9 Å². The summed E-state index contributed by atoms with van der Waals surface area (Å²) in [6, 6.07) is 13.7. The van der Waals surface area contributed by atoms with Crippen LogP contribution in [-0.2, 0) is 11.3 Å². The minimum Gasteiger partial charge on any atom is -0.467 e. The van der Waals surface area contributed by atoms with Gasteiger partial charge >= 0.3 is 0 Å². The van der Waals surface area contributed by atoms with Gasteiger partial charge in [-0.05, 0) is 42.5 Å². The summed E-state index contributed by atoms with van der Waals surface area (Å²) in [4.78, 5) is 12.1. The molecule has 0 atom stereocenters. The van der Waals surface area contributed by atoms with Crippen molar-refractivity contribution in [2.75, 3.05) is 0 Å². The molecule has 0 unspecified atom stereocenters. The van der Waals surface area contributed by atoms with E-state index in [9.17, 15) is 10.1 Å². The van der Waals surface area contributed by atoms with Gasteiger partial charge in [0.2, 0.25) is 0 Å². The highest BCUT2D eigenvalue weighted by molar-refractivity contribution is 6.35. The molecule has 0 aliphatic rings. The van der Waals surface area contributed by atoms with Gasteiger partial charge < -0.3 is 14.2 Å². The van der Waals surface area contributed by atoms with Gasteiger partial charge in [-0.25, -0.2) is 0 Å². The molecule has 1 amide bonds. The molecule has 7 heteroatoms. The van der Waals surface area contributed by atoms with E-state index in [-0.39, 0.29) is 12.1 Å². The number of rotatable bonds is 5. The van der Waals surface area contributed by atoms with Crippen molar-refractivity contribution in [3.8, 4) is 17.4 Å². The number of nitrogens with zero attached hydrogens (tertiary/aromatic N) is 1. The first-order chi connectivity index (χ1) is 12.5. The van der Waals surface area contributed by atoms with E-state index < -0.39 is 5.91 Å². The molecule has 0 saturated carbocycles. The second kappa shape index (κ2) is 7.96. The molecule has 26 heavy (non-hydrogen) atoms. The van der Waals surface area contributed by atoms with Crippen LogP contribution in [0, 0.1) is 11.3 Å². The summed E-state index contributed by atoms with van der Waals surface area (Å²) >= 11 is 12.0. The Morgan fingerprint density at radius 3 is 2.62 bits per heavy atom. The zero-order valence-corrected chi connectivity index (χ0v) is 14.8. The smallest absolute Gasteiger partial charge is 0.262 e. The number of hydrogen-bond acceptors (Lipinski definition) is 4. The summed E-state index contributed by atoms with van der Waals surface area (Å²) in [5, 5.41) is 12.8. The van der Waals surface area contributed by atoms with Crippen LogP contribution < -0.4 is 5.32 Å². The van der Waals surface area contributed by atoms with Gasteiger partial charge in [-0.15, -0.1) is 0 Å². The highest BCUT2D eigenvalue weighted by Gasteiger charge is 2.12. The molecule has 2 aromatic heterocycles. The normalized spacial score (nSPS) is 11.2. The maximum absolute atomic E-state index is 12.1. The summed E-state index contributed by atoms with van der Waals surface area (Å²) in [5.74, 6) is 0.955. The Morgan fingerprint density at radius 2 is 1.96 bits per heavy atom.